The third-order valence-electron chi connectivity index (χ3n) is 2.79. The minimum absolute atomic E-state index is 0.0336. The molecular formula is C13H14N2. The monoisotopic (exact) mass is 198 g/mol. The van der Waals surface area contributed by atoms with E-state index in [9.17, 15) is 0 Å². The van der Waals surface area contributed by atoms with Gasteiger partial charge in [-0.15, -0.1) is 0 Å². The first-order valence-electron chi connectivity index (χ1n) is 5.34. The average molecular weight is 198 g/mol. The third kappa shape index (κ3) is 2.07. The van der Waals surface area contributed by atoms with Crippen LogP contribution in [0.1, 0.15) is 19.8 Å². The Kier molecular flexibility index (Phi) is 2.82. The van der Waals surface area contributed by atoms with E-state index in [2.05, 4.69) is 29.3 Å². The molecule has 0 aromatic rings. The van der Waals surface area contributed by atoms with E-state index in [1.165, 1.54) is 0 Å². The molecule has 2 nitrogen and oxygen atoms in total. The Morgan fingerprint density at radius 3 is 3.00 bits per heavy atom. The summed E-state index contributed by atoms with van der Waals surface area (Å²) in [5.41, 5.74) is 2.11. The first kappa shape index (κ1) is 9.92. The van der Waals surface area contributed by atoms with E-state index in [0.29, 0.717) is 0 Å². The van der Waals surface area contributed by atoms with E-state index in [4.69, 9.17) is 5.26 Å². The van der Waals surface area contributed by atoms with E-state index in [0.717, 1.165) is 24.1 Å². The van der Waals surface area contributed by atoms with Gasteiger partial charge < -0.3 is 0 Å². The molecule has 0 saturated carbocycles. The maximum Gasteiger partial charge on any atom is 0.0742 e. The van der Waals surface area contributed by atoms with Gasteiger partial charge >= 0.3 is 0 Å². The van der Waals surface area contributed by atoms with Gasteiger partial charge in [0.1, 0.15) is 0 Å². The molecule has 1 aliphatic carbocycles. The zero-order valence-corrected chi connectivity index (χ0v) is 8.85. The first-order valence-corrected chi connectivity index (χ1v) is 5.34. The van der Waals surface area contributed by atoms with Gasteiger partial charge in [0, 0.05) is 12.1 Å². The molecule has 76 valence electrons. The molecule has 2 heteroatoms. The van der Waals surface area contributed by atoms with Gasteiger partial charge in [0.15, 0.2) is 0 Å². The van der Waals surface area contributed by atoms with Crippen LogP contribution in [0.4, 0.5) is 0 Å². The van der Waals surface area contributed by atoms with E-state index in [1.54, 1.807) is 0 Å². The van der Waals surface area contributed by atoms with Crippen molar-refractivity contribution in [2.45, 2.75) is 19.8 Å². The van der Waals surface area contributed by atoms with Crippen molar-refractivity contribution in [3.63, 3.8) is 0 Å². The normalized spacial score (nSPS) is 29.3. The molecule has 0 N–H and O–H groups in total. The number of rotatable bonds is 1. The summed E-state index contributed by atoms with van der Waals surface area (Å²) in [5, 5.41) is 8.98. The first-order chi connectivity index (χ1) is 7.31. The van der Waals surface area contributed by atoms with Gasteiger partial charge in [-0.25, -0.2) is 0 Å². The highest BCUT2D eigenvalue weighted by molar-refractivity contribution is 5.67. The number of nitrogens with zero attached hydrogens (tertiary/aromatic N) is 2. The van der Waals surface area contributed by atoms with Crippen molar-refractivity contribution in [2.24, 2.45) is 16.8 Å². The van der Waals surface area contributed by atoms with Crippen molar-refractivity contribution >= 4 is 6.21 Å². The van der Waals surface area contributed by atoms with Crippen LogP contribution in [0.2, 0.25) is 0 Å². The van der Waals surface area contributed by atoms with Gasteiger partial charge in [0.2, 0.25) is 0 Å². The third-order valence-corrected chi connectivity index (χ3v) is 2.79. The zero-order chi connectivity index (χ0) is 10.7. The van der Waals surface area contributed by atoms with Gasteiger partial charge in [-0.2, -0.15) is 5.26 Å². The molecule has 15 heavy (non-hydrogen) atoms. The Balaban J connectivity index is 2.24. The summed E-state index contributed by atoms with van der Waals surface area (Å²) in [6.45, 7) is 2.02. The summed E-state index contributed by atoms with van der Waals surface area (Å²) in [6.07, 6.45) is 12.5. The Labute approximate surface area is 90.3 Å². The summed E-state index contributed by atoms with van der Waals surface area (Å²) >= 11 is 0. The number of allylic oxidation sites excluding steroid dienone is 4. The standard InChI is InChI=1S/C13H14N2/c1-10-9-15-13(7-12(10)8-14)11-5-3-2-4-6-11/h3,5-7,9-10,12H,2,4H2,1H3. The van der Waals surface area contributed by atoms with E-state index in [1.807, 2.05) is 19.2 Å². The van der Waals surface area contributed by atoms with Crippen molar-refractivity contribution < 1.29 is 0 Å². The lowest BCUT2D eigenvalue weighted by molar-refractivity contribution is 0.657. The van der Waals surface area contributed by atoms with Gasteiger partial charge in [-0.1, -0.05) is 25.2 Å². The Morgan fingerprint density at radius 1 is 1.47 bits per heavy atom. The molecule has 0 aromatic heterocycles. The number of hydrogen-bond acceptors (Lipinski definition) is 2. The fourth-order valence-electron chi connectivity index (χ4n) is 1.78. The topological polar surface area (TPSA) is 36.1 Å². The molecule has 0 bridgehead atoms. The van der Waals surface area contributed by atoms with E-state index in [-0.39, 0.29) is 11.8 Å². The van der Waals surface area contributed by atoms with Crippen molar-refractivity contribution in [3.05, 3.63) is 35.6 Å². The second-order valence-corrected chi connectivity index (χ2v) is 3.98. The number of nitriles is 1. The van der Waals surface area contributed by atoms with Gasteiger partial charge in [-0.3, -0.25) is 4.99 Å². The molecular weight excluding hydrogens is 184 g/mol. The fraction of sp³-hybridized carbons (Fsp3) is 0.385. The van der Waals surface area contributed by atoms with Gasteiger partial charge in [0.05, 0.1) is 17.7 Å². The molecule has 1 aliphatic heterocycles. The van der Waals surface area contributed by atoms with Crippen molar-refractivity contribution in [3.8, 4) is 6.07 Å². The van der Waals surface area contributed by atoms with E-state index < -0.39 is 0 Å². The van der Waals surface area contributed by atoms with Crippen LogP contribution in [-0.2, 0) is 0 Å². The maximum absolute atomic E-state index is 8.98. The summed E-state index contributed by atoms with van der Waals surface area (Å²) in [4.78, 5) is 4.40. The average Bonchev–Trinajstić information content (AvgIpc) is 2.31. The lowest BCUT2D eigenvalue weighted by atomic mass is 9.91. The van der Waals surface area contributed by atoms with Crippen molar-refractivity contribution in [1.82, 2.24) is 0 Å². The lowest BCUT2D eigenvalue weighted by Gasteiger charge is -2.17. The highest BCUT2D eigenvalue weighted by Crippen LogP contribution is 2.26. The number of aliphatic imine (C=N–C) groups is 1. The highest BCUT2D eigenvalue weighted by atomic mass is 14.8. The second-order valence-electron chi connectivity index (χ2n) is 3.98. The zero-order valence-electron chi connectivity index (χ0n) is 8.85. The van der Waals surface area contributed by atoms with Crippen molar-refractivity contribution in [1.29, 1.82) is 5.26 Å². The molecule has 0 saturated heterocycles. The Morgan fingerprint density at radius 2 is 2.33 bits per heavy atom. The molecule has 2 atom stereocenters. The van der Waals surface area contributed by atoms with Crippen LogP contribution >= 0.6 is 0 Å². The maximum atomic E-state index is 8.98. The SMILES string of the molecule is CC1C=NC(C2=CCCC=C2)=CC1C#N. The molecule has 0 spiro atoms. The van der Waals surface area contributed by atoms with Crippen LogP contribution in [0.15, 0.2) is 40.6 Å². The number of hydrogen-bond donors (Lipinski definition) is 0. The van der Waals surface area contributed by atoms with Crippen LogP contribution in [0.5, 0.6) is 0 Å². The molecule has 0 aromatic carbocycles. The van der Waals surface area contributed by atoms with E-state index >= 15 is 0 Å². The molecule has 2 rings (SSSR count). The summed E-state index contributed by atoms with van der Waals surface area (Å²) in [6, 6.07) is 2.30. The van der Waals surface area contributed by atoms with Gasteiger partial charge in [0.25, 0.3) is 0 Å². The smallest absolute Gasteiger partial charge is 0.0742 e. The molecule has 2 unspecified atom stereocenters. The van der Waals surface area contributed by atoms with Crippen LogP contribution in [-0.4, -0.2) is 6.21 Å². The summed E-state index contributed by atoms with van der Waals surface area (Å²) in [7, 11) is 0. The van der Waals surface area contributed by atoms with Crippen LogP contribution in [0.25, 0.3) is 0 Å². The molecule has 0 radical (unpaired) electrons. The molecule has 0 fully saturated rings. The van der Waals surface area contributed by atoms with Crippen LogP contribution in [0.3, 0.4) is 0 Å². The largest absolute Gasteiger partial charge is 0.261 e. The molecule has 1 heterocycles. The predicted molar refractivity (Wildman–Crippen MR) is 61.3 cm³/mol. The highest BCUT2D eigenvalue weighted by Gasteiger charge is 2.18. The van der Waals surface area contributed by atoms with Crippen LogP contribution in [0, 0.1) is 23.2 Å². The minimum Gasteiger partial charge on any atom is -0.261 e. The lowest BCUT2D eigenvalue weighted by Crippen LogP contribution is -2.13. The Bertz CT molecular complexity index is 405. The predicted octanol–water partition coefficient (Wildman–Crippen LogP) is 3.01. The molecule has 2 aliphatic rings. The Hall–Kier alpha value is -1.62. The second kappa shape index (κ2) is 4.27. The minimum atomic E-state index is -0.0336. The van der Waals surface area contributed by atoms with Crippen molar-refractivity contribution in [2.75, 3.05) is 0 Å². The summed E-state index contributed by atoms with van der Waals surface area (Å²) < 4.78 is 0. The quantitative estimate of drug-likeness (QED) is 0.638. The summed E-state index contributed by atoms with van der Waals surface area (Å²) in [5.74, 6) is 0.195. The van der Waals surface area contributed by atoms with Gasteiger partial charge in [-0.05, 0) is 24.5 Å². The molecule has 0 amide bonds. The fourth-order valence-corrected chi connectivity index (χ4v) is 1.78. The van der Waals surface area contributed by atoms with Crippen LogP contribution < -0.4 is 0 Å².